The van der Waals surface area contributed by atoms with E-state index in [2.05, 4.69) is 22.4 Å². The Labute approximate surface area is 138 Å². The summed E-state index contributed by atoms with van der Waals surface area (Å²) in [5, 5.41) is 12.0. The number of amides is 2. The number of aromatic nitrogens is 2. The Kier molecular flexibility index (Phi) is 6.28. The zero-order valence-corrected chi connectivity index (χ0v) is 14.1. The van der Waals surface area contributed by atoms with Crippen molar-refractivity contribution < 1.29 is 14.0 Å². The van der Waals surface area contributed by atoms with Gasteiger partial charge in [-0.3, -0.25) is 14.9 Å². The zero-order valence-electron chi connectivity index (χ0n) is 13.2. The molecule has 0 bridgehead atoms. The number of nitrogens with zero attached hydrogens (tertiary/aromatic N) is 3. The summed E-state index contributed by atoms with van der Waals surface area (Å²) in [7, 11) is 1.54. The third kappa shape index (κ3) is 5.17. The Balaban J connectivity index is 1.81. The number of nitrogens with one attached hydrogen (secondary N) is 1. The number of carbonyl (C=O) groups excluding carboxylic acids is 2. The van der Waals surface area contributed by atoms with Crippen molar-refractivity contribution in [3.05, 3.63) is 29.2 Å². The molecule has 2 aromatic rings. The Morgan fingerprint density at radius 3 is 2.87 bits per heavy atom. The summed E-state index contributed by atoms with van der Waals surface area (Å²) in [6.07, 6.45) is 5.67. The van der Waals surface area contributed by atoms with Crippen LogP contribution in [-0.4, -0.2) is 40.5 Å². The molecule has 0 atom stereocenters. The van der Waals surface area contributed by atoms with Crippen molar-refractivity contribution in [1.82, 2.24) is 15.1 Å². The normalized spacial score (nSPS) is 10.5. The number of unbranched alkanes of at least 4 members (excludes halogenated alkanes) is 2. The third-order valence-electron chi connectivity index (χ3n) is 3.17. The van der Waals surface area contributed by atoms with Gasteiger partial charge in [0.2, 0.25) is 11.0 Å². The monoisotopic (exact) mass is 336 g/mol. The second kappa shape index (κ2) is 8.42. The average molecular weight is 336 g/mol. The molecular formula is C15H20N4O3S. The predicted molar refractivity (Wildman–Crippen MR) is 87.4 cm³/mol. The number of hydrogen-bond acceptors (Lipinski definition) is 6. The van der Waals surface area contributed by atoms with E-state index >= 15 is 0 Å². The van der Waals surface area contributed by atoms with Gasteiger partial charge in [-0.25, -0.2) is 0 Å². The first kappa shape index (κ1) is 17.1. The van der Waals surface area contributed by atoms with Gasteiger partial charge >= 0.3 is 0 Å². The minimum absolute atomic E-state index is 0.0791. The lowest BCUT2D eigenvalue weighted by atomic mass is 10.2. The van der Waals surface area contributed by atoms with Gasteiger partial charge in [-0.15, -0.1) is 10.2 Å². The van der Waals surface area contributed by atoms with Gasteiger partial charge in [0.15, 0.2) is 5.76 Å². The fourth-order valence-electron chi connectivity index (χ4n) is 1.97. The Morgan fingerprint density at radius 2 is 2.17 bits per heavy atom. The standard InChI is InChI=1S/C15H20N4O3S/c1-3-4-5-8-13-17-18-15(23-13)16-12(20)10-19(2)14(21)11-7-6-9-22-11/h6-7,9H,3-5,8,10H2,1-2H3,(H,16,18,20). The molecule has 0 saturated carbocycles. The van der Waals surface area contributed by atoms with Gasteiger partial charge in [0.1, 0.15) is 11.6 Å². The first-order valence-corrected chi connectivity index (χ1v) is 8.33. The van der Waals surface area contributed by atoms with Crippen LogP contribution in [0.1, 0.15) is 41.7 Å². The predicted octanol–water partition coefficient (Wildman–Crippen LogP) is 2.57. The van der Waals surface area contributed by atoms with Crippen molar-refractivity contribution in [2.75, 3.05) is 18.9 Å². The van der Waals surface area contributed by atoms with Crippen LogP contribution in [0.4, 0.5) is 5.13 Å². The van der Waals surface area contributed by atoms with Gasteiger partial charge in [0, 0.05) is 13.5 Å². The number of furan rings is 1. The summed E-state index contributed by atoms with van der Waals surface area (Å²) in [6, 6.07) is 3.19. The SMILES string of the molecule is CCCCCc1nnc(NC(=O)CN(C)C(=O)c2ccco2)s1. The van der Waals surface area contributed by atoms with Gasteiger partial charge in [-0.2, -0.15) is 0 Å². The van der Waals surface area contributed by atoms with E-state index in [9.17, 15) is 9.59 Å². The first-order chi connectivity index (χ1) is 11.1. The van der Waals surface area contributed by atoms with Crippen molar-refractivity contribution in [3.63, 3.8) is 0 Å². The molecular weight excluding hydrogens is 316 g/mol. The van der Waals surface area contributed by atoms with Gasteiger partial charge < -0.3 is 9.32 Å². The fraction of sp³-hybridized carbons (Fsp3) is 0.467. The molecule has 0 radical (unpaired) electrons. The quantitative estimate of drug-likeness (QED) is 0.749. The minimum atomic E-state index is -0.345. The molecule has 1 N–H and O–H groups in total. The lowest BCUT2D eigenvalue weighted by Gasteiger charge is -2.14. The summed E-state index contributed by atoms with van der Waals surface area (Å²) in [5.74, 6) is -0.458. The van der Waals surface area contributed by atoms with Crippen molar-refractivity contribution in [2.24, 2.45) is 0 Å². The summed E-state index contributed by atoms with van der Waals surface area (Å²) < 4.78 is 5.02. The maximum absolute atomic E-state index is 12.0. The highest BCUT2D eigenvalue weighted by Gasteiger charge is 2.18. The molecule has 7 nitrogen and oxygen atoms in total. The number of carbonyl (C=O) groups is 2. The molecule has 23 heavy (non-hydrogen) atoms. The smallest absolute Gasteiger partial charge is 0.289 e. The summed E-state index contributed by atoms with van der Waals surface area (Å²) >= 11 is 1.37. The van der Waals surface area contributed by atoms with E-state index in [1.54, 1.807) is 19.2 Å². The number of rotatable bonds is 8. The highest BCUT2D eigenvalue weighted by molar-refractivity contribution is 7.15. The molecule has 2 rings (SSSR count). The van der Waals surface area contributed by atoms with Crippen LogP contribution in [0.3, 0.4) is 0 Å². The van der Waals surface area contributed by atoms with E-state index in [1.807, 2.05) is 0 Å². The molecule has 0 aliphatic rings. The van der Waals surface area contributed by atoms with Crippen LogP contribution in [0.2, 0.25) is 0 Å². The lowest BCUT2D eigenvalue weighted by molar-refractivity contribution is -0.116. The average Bonchev–Trinajstić information content (AvgIpc) is 3.18. The summed E-state index contributed by atoms with van der Waals surface area (Å²) in [6.45, 7) is 2.07. The highest BCUT2D eigenvalue weighted by Crippen LogP contribution is 2.17. The number of hydrogen-bond donors (Lipinski definition) is 1. The molecule has 8 heteroatoms. The van der Waals surface area contributed by atoms with Crippen LogP contribution in [0.15, 0.2) is 22.8 Å². The van der Waals surface area contributed by atoms with Gasteiger partial charge in [0.25, 0.3) is 5.91 Å². The van der Waals surface area contributed by atoms with E-state index in [0.717, 1.165) is 30.7 Å². The molecule has 124 valence electrons. The van der Waals surface area contributed by atoms with Crippen molar-refractivity contribution in [2.45, 2.75) is 32.6 Å². The molecule has 0 spiro atoms. The van der Waals surface area contributed by atoms with Crippen LogP contribution in [-0.2, 0) is 11.2 Å². The number of likely N-dealkylation sites (N-methyl/N-ethyl adjacent to an activating group) is 1. The summed E-state index contributed by atoms with van der Waals surface area (Å²) in [4.78, 5) is 25.2. The van der Waals surface area contributed by atoms with Crippen molar-refractivity contribution >= 4 is 28.3 Å². The summed E-state index contributed by atoms with van der Waals surface area (Å²) in [5.41, 5.74) is 0. The fourth-order valence-corrected chi connectivity index (χ4v) is 2.76. The van der Waals surface area contributed by atoms with Crippen LogP contribution >= 0.6 is 11.3 Å². The molecule has 0 unspecified atom stereocenters. The number of aryl methyl sites for hydroxylation is 1. The van der Waals surface area contributed by atoms with E-state index in [4.69, 9.17) is 4.42 Å². The van der Waals surface area contributed by atoms with Crippen molar-refractivity contribution in [1.29, 1.82) is 0 Å². The van der Waals surface area contributed by atoms with E-state index in [-0.39, 0.29) is 24.1 Å². The molecule has 0 saturated heterocycles. The first-order valence-electron chi connectivity index (χ1n) is 7.51. The molecule has 0 aliphatic heterocycles. The zero-order chi connectivity index (χ0) is 16.7. The van der Waals surface area contributed by atoms with Gasteiger partial charge in [-0.1, -0.05) is 31.1 Å². The molecule has 0 fully saturated rings. The minimum Gasteiger partial charge on any atom is -0.459 e. The van der Waals surface area contributed by atoms with E-state index in [0.29, 0.717) is 5.13 Å². The van der Waals surface area contributed by atoms with Crippen LogP contribution in [0.25, 0.3) is 0 Å². The van der Waals surface area contributed by atoms with Gasteiger partial charge in [-0.05, 0) is 18.6 Å². The Morgan fingerprint density at radius 1 is 1.35 bits per heavy atom. The molecule has 0 aliphatic carbocycles. The van der Waals surface area contributed by atoms with Crippen LogP contribution in [0, 0.1) is 0 Å². The van der Waals surface area contributed by atoms with Crippen LogP contribution in [0.5, 0.6) is 0 Å². The van der Waals surface area contributed by atoms with Crippen molar-refractivity contribution in [3.8, 4) is 0 Å². The maximum Gasteiger partial charge on any atom is 0.289 e. The number of anilines is 1. The molecule has 2 heterocycles. The second-order valence-corrected chi connectivity index (χ2v) is 6.21. The topological polar surface area (TPSA) is 88.3 Å². The van der Waals surface area contributed by atoms with E-state index in [1.165, 1.54) is 22.5 Å². The largest absolute Gasteiger partial charge is 0.459 e. The molecule has 2 aromatic heterocycles. The van der Waals surface area contributed by atoms with Gasteiger partial charge in [0.05, 0.1) is 6.26 Å². The van der Waals surface area contributed by atoms with E-state index < -0.39 is 0 Å². The molecule has 0 aromatic carbocycles. The molecule has 2 amide bonds. The maximum atomic E-state index is 12.0. The van der Waals surface area contributed by atoms with Crippen LogP contribution < -0.4 is 5.32 Å². The second-order valence-electron chi connectivity index (χ2n) is 5.14. The Bertz CT molecular complexity index is 639. The highest BCUT2D eigenvalue weighted by atomic mass is 32.1. The Hall–Kier alpha value is -2.22. The lowest BCUT2D eigenvalue weighted by Crippen LogP contribution is -2.34. The third-order valence-corrected chi connectivity index (χ3v) is 4.07.